The number of amides is 1. The summed E-state index contributed by atoms with van der Waals surface area (Å²) in [6, 6.07) is 4.53. The molecule has 0 N–H and O–H groups in total. The molecule has 1 fully saturated rings. The third-order valence-electron chi connectivity index (χ3n) is 3.96. The van der Waals surface area contributed by atoms with Gasteiger partial charge in [0.2, 0.25) is 10.0 Å². The van der Waals surface area contributed by atoms with Crippen molar-refractivity contribution in [1.82, 2.24) is 14.1 Å². The number of carbonyl (C=O) groups is 1. The molecule has 0 aliphatic carbocycles. The van der Waals surface area contributed by atoms with E-state index in [9.17, 15) is 13.2 Å². The van der Waals surface area contributed by atoms with Crippen LogP contribution in [0.25, 0.3) is 0 Å². The van der Waals surface area contributed by atoms with Crippen LogP contribution in [0.4, 0.5) is 0 Å². The largest absolute Gasteiger partial charge is 0.495 e. The first kappa shape index (κ1) is 17.7. The van der Waals surface area contributed by atoms with E-state index in [0.717, 1.165) is 17.4 Å². The Labute approximate surface area is 137 Å². The molecule has 0 radical (unpaired) electrons. The Balaban J connectivity index is 2.36. The zero-order chi connectivity index (χ0) is 17.2. The molecule has 1 amide bonds. The summed E-state index contributed by atoms with van der Waals surface area (Å²) in [5.41, 5.74) is 0.357. The number of ether oxygens (including phenoxy) is 1. The van der Waals surface area contributed by atoms with Gasteiger partial charge in [0.15, 0.2) is 0 Å². The average molecular weight is 341 g/mol. The molecule has 1 heterocycles. The van der Waals surface area contributed by atoms with Gasteiger partial charge >= 0.3 is 0 Å². The maximum absolute atomic E-state index is 12.6. The summed E-state index contributed by atoms with van der Waals surface area (Å²) < 4.78 is 31.1. The number of sulfonamides is 1. The first-order valence-corrected chi connectivity index (χ1v) is 8.79. The lowest BCUT2D eigenvalue weighted by Gasteiger charge is -2.32. The van der Waals surface area contributed by atoms with Crippen LogP contribution in [0.3, 0.4) is 0 Å². The molecule has 0 atom stereocenters. The number of rotatable bonds is 4. The van der Waals surface area contributed by atoms with Crippen LogP contribution < -0.4 is 4.74 Å². The van der Waals surface area contributed by atoms with Gasteiger partial charge in [-0.05, 0) is 25.2 Å². The Kier molecular flexibility index (Phi) is 5.28. The van der Waals surface area contributed by atoms with Crippen molar-refractivity contribution in [3.05, 3.63) is 23.8 Å². The van der Waals surface area contributed by atoms with Crippen LogP contribution in [0.2, 0.25) is 0 Å². The van der Waals surface area contributed by atoms with Gasteiger partial charge in [0.25, 0.3) is 5.91 Å². The average Bonchev–Trinajstić information content (AvgIpc) is 2.54. The molecule has 1 saturated heterocycles. The number of carbonyl (C=O) groups excluding carboxylic acids is 1. The smallest absolute Gasteiger partial charge is 0.253 e. The minimum absolute atomic E-state index is 0.00461. The summed E-state index contributed by atoms with van der Waals surface area (Å²) in [5.74, 6) is 0.0737. The van der Waals surface area contributed by atoms with Crippen molar-refractivity contribution in [2.75, 3.05) is 54.4 Å². The SMILES string of the molecule is COc1ccc(C(=O)N2CCN(C)CC2)cc1S(=O)(=O)N(C)C. The first-order valence-electron chi connectivity index (χ1n) is 7.35. The van der Waals surface area contributed by atoms with Crippen molar-refractivity contribution in [2.24, 2.45) is 0 Å². The molecular weight excluding hydrogens is 318 g/mol. The number of likely N-dealkylation sites (N-methyl/N-ethyl adjacent to an activating group) is 1. The molecule has 128 valence electrons. The fourth-order valence-electron chi connectivity index (χ4n) is 2.40. The van der Waals surface area contributed by atoms with Crippen LogP contribution in [-0.2, 0) is 10.0 Å². The van der Waals surface area contributed by atoms with E-state index in [0.29, 0.717) is 18.7 Å². The van der Waals surface area contributed by atoms with E-state index in [-0.39, 0.29) is 16.6 Å². The highest BCUT2D eigenvalue weighted by atomic mass is 32.2. The second kappa shape index (κ2) is 6.86. The van der Waals surface area contributed by atoms with Gasteiger partial charge in [-0.25, -0.2) is 12.7 Å². The lowest BCUT2D eigenvalue weighted by Crippen LogP contribution is -2.47. The normalized spacial score (nSPS) is 16.7. The molecule has 23 heavy (non-hydrogen) atoms. The Bertz CT molecular complexity index is 680. The summed E-state index contributed by atoms with van der Waals surface area (Å²) in [5, 5.41) is 0. The molecule has 0 saturated carbocycles. The third kappa shape index (κ3) is 3.65. The number of hydrogen-bond donors (Lipinski definition) is 0. The third-order valence-corrected chi connectivity index (χ3v) is 5.80. The monoisotopic (exact) mass is 341 g/mol. The number of benzene rings is 1. The Morgan fingerprint density at radius 3 is 2.30 bits per heavy atom. The van der Waals surface area contributed by atoms with Gasteiger partial charge in [-0.15, -0.1) is 0 Å². The van der Waals surface area contributed by atoms with Crippen LogP contribution in [0, 0.1) is 0 Å². The van der Waals surface area contributed by atoms with E-state index >= 15 is 0 Å². The molecule has 1 aliphatic heterocycles. The molecule has 8 heteroatoms. The number of methoxy groups -OCH3 is 1. The molecule has 0 spiro atoms. The minimum Gasteiger partial charge on any atom is -0.495 e. The molecule has 0 aromatic heterocycles. The molecule has 2 rings (SSSR count). The summed E-state index contributed by atoms with van der Waals surface area (Å²) in [6.07, 6.45) is 0. The highest BCUT2D eigenvalue weighted by Gasteiger charge is 2.26. The highest BCUT2D eigenvalue weighted by molar-refractivity contribution is 7.89. The highest BCUT2D eigenvalue weighted by Crippen LogP contribution is 2.27. The first-order chi connectivity index (χ1) is 10.8. The van der Waals surface area contributed by atoms with Crippen molar-refractivity contribution in [1.29, 1.82) is 0 Å². The lowest BCUT2D eigenvalue weighted by molar-refractivity contribution is 0.0664. The summed E-state index contributed by atoms with van der Waals surface area (Å²) >= 11 is 0. The Morgan fingerprint density at radius 2 is 1.78 bits per heavy atom. The number of hydrogen-bond acceptors (Lipinski definition) is 5. The summed E-state index contributed by atoms with van der Waals surface area (Å²) in [4.78, 5) is 16.5. The van der Waals surface area contributed by atoms with Gasteiger partial charge in [0.1, 0.15) is 10.6 Å². The quantitative estimate of drug-likeness (QED) is 0.789. The second-order valence-corrected chi connectivity index (χ2v) is 7.87. The number of nitrogens with zero attached hydrogens (tertiary/aromatic N) is 3. The molecular formula is C15H23N3O4S. The van der Waals surface area contributed by atoms with Gasteiger partial charge in [-0.2, -0.15) is 0 Å². The molecule has 1 aromatic carbocycles. The maximum Gasteiger partial charge on any atom is 0.253 e. The van der Waals surface area contributed by atoms with E-state index in [1.54, 1.807) is 11.0 Å². The van der Waals surface area contributed by atoms with E-state index in [4.69, 9.17) is 4.74 Å². The van der Waals surface area contributed by atoms with Crippen molar-refractivity contribution in [3.63, 3.8) is 0 Å². The van der Waals surface area contributed by atoms with Crippen LogP contribution in [0.15, 0.2) is 23.1 Å². The minimum atomic E-state index is -3.69. The van der Waals surface area contributed by atoms with Gasteiger partial charge in [-0.1, -0.05) is 0 Å². The van der Waals surface area contributed by atoms with E-state index in [1.165, 1.54) is 33.3 Å². The van der Waals surface area contributed by atoms with Gasteiger partial charge in [-0.3, -0.25) is 4.79 Å². The van der Waals surface area contributed by atoms with Crippen LogP contribution in [-0.4, -0.2) is 82.9 Å². The van der Waals surface area contributed by atoms with E-state index in [1.807, 2.05) is 7.05 Å². The van der Waals surface area contributed by atoms with Crippen LogP contribution in [0.1, 0.15) is 10.4 Å². The van der Waals surface area contributed by atoms with Crippen molar-refractivity contribution in [3.8, 4) is 5.75 Å². The predicted molar refractivity (Wildman–Crippen MR) is 87.3 cm³/mol. The fourth-order valence-corrected chi connectivity index (χ4v) is 3.48. The second-order valence-electron chi connectivity index (χ2n) is 5.75. The van der Waals surface area contributed by atoms with Crippen molar-refractivity contribution >= 4 is 15.9 Å². The zero-order valence-corrected chi connectivity index (χ0v) is 14.8. The van der Waals surface area contributed by atoms with Crippen LogP contribution in [0.5, 0.6) is 5.75 Å². The van der Waals surface area contributed by atoms with Gasteiger partial charge in [0.05, 0.1) is 7.11 Å². The summed E-state index contributed by atoms with van der Waals surface area (Å²) in [7, 11) is 2.63. The lowest BCUT2D eigenvalue weighted by atomic mass is 10.1. The van der Waals surface area contributed by atoms with Crippen LogP contribution >= 0.6 is 0 Å². The molecule has 0 unspecified atom stereocenters. The fraction of sp³-hybridized carbons (Fsp3) is 0.533. The number of piperazine rings is 1. The van der Waals surface area contributed by atoms with E-state index < -0.39 is 10.0 Å². The van der Waals surface area contributed by atoms with E-state index in [2.05, 4.69) is 4.90 Å². The topological polar surface area (TPSA) is 70.2 Å². The maximum atomic E-state index is 12.6. The Morgan fingerprint density at radius 1 is 1.17 bits per heavy atom. The van der Waals surface area contributed by atoms with Gasteiger partial charge in [0, 0.05) is 45.8 Å². The molecule has 1 aliphatic rings. The molecule has 1 aromatic rings. The van der Waals surface area contributed by atoms with Gasteiger partial charge < -0.3 is 14.5 Å². The van der Waals surface area contributed by atoms with Crippen molar-refractivity contribution < 1.29 is 17.9 Å². The molecule has 7 nitrogen and oxygen atoms in total. The molecule has 0 bridgehead atoms. The zero-order valence-electron chi connectivity index (χ0n) is 13.9. The van der Waals surface area contributed by atoms with Crippen molar-refractivity contribution in [2.45, 2.75) is 4.90 Å². The standard InChI is InChI=1S/C15H23N3O4S/c1-16(2)23(20,21)14-11-12(5-6-13(14)22-4)15(19)18-9-7-17(3)8-10-18/h5-6,11H,7-10H2,1-4H3. The predicted octanol–water partition coefficient (Wildman–Crippen LogP) is 0.333. The Hall–Kier alpha value is -1.64. The summed E-state index contributed by atoms with van der Waals surface area (Å²) in [6.45, 7) is 2.89.